The van der Waals surface area contributed by atoms with Crippen molar-refractivity contribution in [1.29, 1.82) is 0 Å². The van der Waals surface area contributed by atoms with Gasteiger partial charge in [0.05, 0.1) is 12.7 Å². The molecule has 0 saturated carbocycles. The first-order valence-electron chi connectivity index (χ1n) is 7.20. The Morgan fingerprint density at radius 2 is 2.14 bits per heavy atom. The van der Waals surface area contributed by atoms with E-state index in [1.807, 2.05) is 42.2 Å². The van der Waals surface area contributed by atoms with E-state index in [-0.39, 0.29) is 24.4 Å². The van der Waals surface area contributed by atoms with Crippen molar-refractivity contribution in [1.82, 2.24) is 25.2 Å². The molecule has 1 aliphatic rings. The molecule has 0 aliphatic carbocycles. The third-order valence-electron chi connectivity index (χ3n) is 3.71. The first-order chi connectivity index (χ1) is 10.2. The SMILES string of the molecule is C[C@H]1CNCCN1C(=O)c1cn(Cc2ccccc2)nn1.Cl. The lowest BCUT2D eigenvalue weighted by Crippen LogP contribution is -2.52. The minimum atomic E-state index is -0.0386. The van der Waals surface area contributed by atoms with Crippen LogP contribution in [0.5, 0.6) is 0 Å². The molecule has 1 aromatic carbocycles. The number of halogens is 1. The normalized spacial score (nSPS) is 17.9. The summed E-state index contributed by atoms with van der Waals surface area (Å²) in [6.45, 7) is 5.03. The van der Waals surface area contributed by atoms with Gasteiger partial charge in [-0.2, -0.15) is 0 Å². The highest BCUT2D eigenvalue weighted by Gasteiger charge is 2.25. The molecule has 0 radical (unpaired) electrons. The van der Waals surface area contributed by atoms with E-state index >= 15 is 0 Å². The van der Waals surface area contributed by atoms with E-state index in [0.717, 1.165) is 18.7 Å². The van der Waals surface area contributed by atoms with Crippen molar-refractivity contribution in [2.24, 2.45) is 0 Å². The Balaban J connectivity index is 0.00000176. The Kier molecular flexibility index (Phi) is 5.51. The summed E-state index contributed by atoms with van der Waals surface area (Å²) >= 11 is 0. The van der Waals surface area contributed by atoms with E-state index in [9.17, 15) is 4.79 Å². The van der Waals surface area contributed by atoms with Crippen LogP contribution in [0.1, 0.15) is 23.0 Å². The fourth-order valence-electron chi connectivity index (χ4n) is 2.53. The molecule has 2 heterocycles. The summed E-state index contributed by atoms with van der Waals surface area (Å²) < 4.78 is 1.70. The standard InChI is InChI=1S/C15H19N5O.ClH/c1-12-9-16-7-8-20(12)15(21)14-11-19(18-17-14)10-13-5-3-2-4-6-13;/h2-6,11-12,16H,7-10H2,1H3;1H/t12-;/m0./s1. The molecule has 22 heavy (non-hydrogen) atoms. The Morgan fingerprint density at radius 3 is 2.86 bits per heavy atom. The summed E-state index contributed by atoms with van der Waals surface area (Å²) in [5, 5.41) is 11.4. The molecule has 1 aliphatic heterocycles. The van der Waals surface area contributed by atoms with E-state index in [4.69, 9.17) is 0 Å². The van der Waals surface area contributed by atoms with Gasteiger partial charge in [-0.05, 0) is 12.5 Å². The quantitative estimate of drug-likeness (QED) is 0.922. The number of carbonyl (C=O) groups is 1. The van der Waals surface area contributed by atoms with Gasteiger partial charge in [0.1, 0.15) is 0 Å². The van der Waals surface area contributed by atoms with Crippen LogP contribution < -0.4 is 5.32 Å². The van der Waals surface area contributed by atoms with Crippen molar-refractivity contribution in [2.75, 3.05) is 19.6 Å². The number of piperazine rings is 1. The molecule has 0 unspecified atom stereocenters. The monoisotopic (exact) mass is 321 g/mol. The number of nitrogens with one attached hydrogen (secondary N) is 1. The van der Waals surface area contributed by atoms with Gasteiger partial charge < -0.3 is 10.2 Å². The first kappa shape index (κ1) is 16.5. The zero-order valence-electron chi connectivity index (χ0n) is 12.5. The van der Waals surface area contributed by atoms with Crippen LogP contribution in [0, 0.1) is 0 Å². The van der Waals surface area contributed by atoms with Crippen molar-refractivity contribution in [3.8, 4) is 0 Å². The molecule has 0 bridgehead atoms. The third-order valence-corrected chi connectivity index (χ3v) is 3.71. The predicted molar refractivity (Wildman–Crippen MR) is 86.2 cm³/mol. The summed E-state index contributed by atoms with van der Waals surface area (Å²) in [6, 6.07) is 10.2. The number of rotatable bonds is 3. The number of hydrogen-bond donors (Lipinski definition) is 1. The Hall–Kier alpha value is -1.92. The van der Waals surface area contributed by atoms with Crippen molar-refractivity contribution < 1.29 is 4.79 Å². The molecule has 1 N–H and O–H groups in total. The molecule has 118 valence electrons. The van der Waals surface area contributed by atoms with Gasteiger partial charge in [-0.25, -0.2) is 4.68 Å². The van der Waals surface area contributed by atoms with Crippen LogP contribution in [0.3, 0.4) is 0 Å². The number of nitrogens with zero attached hydrogens (tertiary/aromatic N) is 4. The zero-order chi connectivity index (χ0) is 14.7. The number of amides is 1. The van der Waals surface area contributed by atoms with E-state index in [0.29, 0.717) is 18.8 Å². The summed E-state index contributed by atoms with van der Waals surface area (Å²) in [6.07, 6.45) is 1.73. The van der Waals surface area contributed by atoms with Crippen LogP contribution in [-0.4, -0.2) is 51.5 Å². The fourth-order valence-corrected chi connectivity index (χ4v) is 2.53. The third kappa shape index (κ3) is 3.64. The van der Waals surface area contributed by atoms with Gasteiger partial charge in [0.25, 0.3) is 5.91 Å². The Morgan fingerprint density at radius 1 is 1.36 bits per heavy atom. The van der Waals surface area contributed by atoms with E-state index in [2.05, 4.69) is 15.6 Å². The second-order valence-corrected chi connectivity index (χ2v) is 5.34. The molecule has 2 aromatic rings. The molecule has 1 atom stereocenters. The maximum absolute atomic E-state index is 12.5. The van der Waals surface area contributed by atoms with E-state index in [1.54, 1.807) is 10.9 Å². The van der Waals surface area contributed by atoms with Crippen LogP contribution >= 0.6 is 12.4 Å². The molecule has 0 spiro atoms. The van der Waals surface area contributed by atoms with Gasteiger partial charge in [-0.3, -0.25) is 4.79 Å². The van der Waals surface area contributed by atoms with E-state index in [1.165, 1.54) is 0 Å². The zero-order valence-corrected chi connectivity index (χ0v) is 13.3. The molecule has 6 nitrogen and oxygen atoms in total. The molecule has 3 rings (SSSR count). The number of carbonyl (C=O) groups excluding carboxylic acids is 1. The number of benzene rings is 1. The lowest BCUT2D eigenvalue weighted by Gasteiger charge is -2.33. The minimum absolute atomic E-state index is 0. The molecule has 1 amide bonds. The van der Waals surface area contributed by atoms with Crippen LogP contribution in [-0.2, 0) is 6.54 Å². The van der Waals surface area contributed by atoms with Crippen LogP contribution in [0.25, 0.3) is 0 Å². The van der Waals surface area contributed by atoms with Gasteiger partial charge in [0.15, 0.2) is 5.69 Å². The maximum Gasteiger partial charge on any atom is 0.276 e. The van der Waals surface area contributed by atoms with Gasteiger partial charge >= 0.3 is 0 Å². The topological polar surface area (TPSA) is 63.1 Å². The smallest absolute Gasteiger partial charge is 0.276 e. The molecule has 7 heteroatoms. The molecular formula is C15H20ClN5O. The van der Waals surface area contributed by atoms with Crippen LogP contribution in [0.4, 0.5) is 0 Å². The minimum Gasteiger partial charge on any atom is -0.332 e. The molecule has 1 fully saturated rings. The van der Waals surface area contributed by atoms with Crippen LogP contribution in [0.2, 0.25) is 0 Å². The summed E-state index contributed by atoms with van der Waals surface area (Å²) in [5.41, 5.74) is 1.55. The first-order valence-corrected chi connectivity index (χ1v) is 7.20. The van der Waals surface area contributed by atoms with Gasteiger partial charge in [0, 0.05) is 25.7 Å². The average Bonchev–Trinajstić information content (AvgIpc) is 2.97. The highest BCUT2D eigenvalue weighted by Crippen LogP contribution is 2.09. The van der Waals surface area contributed by atoms with Gasteiger partial charge in [0.2, 0.25) is 0 Å². The second-order valence-electron chi connectivity index (χ2n) is 5.34. The van der Waals surface area contributed by atoms with Crippen molar-refractivity contribution in [3.63, 3.8) is 0 Å². The Bertz CT molecular complexity index is 615. The van der Waals surface area contributed by atoms with E-state index < -0.39 is 0 Å². The van der Waals surface area contributed by atoms with Crippen molar-refractivity contribution in [3.05, 3.63) is 47.8 Å². The van der Waals surface area contributed by atoms with Crippen molar-refractivity contribution >= 4 is 18.3 Å². The largest absolute Gasteiger partial charge is 0.332 e. The highest BCUT2D eigenvalue weighted by molar-refractivity contribution is 5.92. The van der Waals surface area contributed by atoms with Crippen LogP contribution in [0.15, 0.2) is 36.5 Å². The fraction of sp³-hybridized carbons (Fsp3) is 0.400. The average molecular weight is 322 g/mol. The summed E-state index contributed by atoms with van der Waals surface area (Å²) in [4.78, 5) is 14.3. The number of hydrogen-bond acceptors (Lipinski definition) is 4. The molecule has 1 aromatic heterocycles. The predicted octanol–water partition coefficient (Wildman–Crippen LogP) is 1.18. The lowest BCUT2D eigenvalue weighted by molar-refractivity contribution is 0.0649. The maximum atomic E-state index is 12.5. The van der Waals surface area contributed by atoms with Gasteiger partial charge in [-0.1, -0.05) is 35.5 Å². The summed E-state index contributed by atoms with van der Waals surface area (Å²) in [7, 11) is 0. The Labute approximate surface area is 135 Å². The van der Waals surface area contributed by atoms with Gasteiger partial charge in [-0.15, -0.1) is 17.5 Å². The number of aromatic nitrogens is 3. The molecular weight excluding hydrogens is 302 g/mol. The lowest BCUT2D eigenvalue weighted by atomic mass is 10.2. The van der Waals surface area contributed by atoms with Crippen molar-refractivity contribution in [2.45, 2.75) is 19.5 Å². The highest BCUT2D eigenvalue weighted by atomic mass is 35.5. The molecule has 1 saturated heterocycles. The second kappa shape index (κ2) is 7.38. The summed E-state index contributed by atoms with van der Waals surface area (Å²) in [5.74, 6) is -0.0386.